The van der Waals surface area contributed by atoms with Gasteiger partial charge in [-0.05, 0) is 24.3 Å². The highest BCUT2D eigenvalue weighted by Crippen LogP contribution is 2.30. The Kier molecular flexibility index (Phi) is 3.94. The highest BCUT2D eigenvalue weighted by Gasteiger charge is 2.12. The third kappa shape index (κ3) is 3.17. The van der Waals surface area contributed by atoms with Crippen LogP contribution in [0.3, 0.4) is 0 Å². The molecular weight excluding hydrogens is 358 g/mol. The van der Waals surface area contributed by atoms with Crippen molar-refractivity contribution in [3.05, 3.63) is 59.9 Å². The van der Waals surface area contributed by atoms with Crippen LogP contribution < -0.4 is 10.1 Å². The van der Waals surface area contributed by atoms with Crippen molar-refractivity contribution in [3.8, 4) is 11.7 Å². The van der Waals surface area contributed by atoms with Gasteiger partial charge in [0.25, 0.3) is 0 Å². The lowest BCUT2D eigenvalue weighted by molar-refractivity contribution is 0.144. The minimum absolute atomic E-state index is 0.0995. The quantitative estimate of drug-likeness (QED) is 0.465. The number of benzene rings is 2. The molecule has 9 heteroatoms. The second-order valence-corrected chi connectivity index (χ2v) is 5.80. The van der Waals surface area contributed by atoms with Crippen molar-refractivity contribution in [2.45, 2.75) is 0 Å². The average molecular weight is 370 g/mol. The van der Waals surface area contributed by atoms with Gasteiger partial charge in [0.2, 0.25) is 5.95 Å². The first-order valence-corrected chi connectivity index (χ1v) is 7.93. The fraction of sp³-hybridized carbons (Fsp3) is 0. The molecule has 2 aromatic heterocycles. The summed E-state index contributed by atoms with van der Waals surface area (Å²) in [7, 11) is 0. The van der Waals surface area contributed by atoms with Crippen molar-refractivity contribution in [1.29, 1.82) is 0 Å². The molecule has 3 N–H and O–H groups in total. The molecular formula is C17H12ClN5O3. The van der Waals surface area contributed by atoms with Crippen LogP contribution in [0.15, 0.2) is 54.9 Å². The molecule has 2 heterocycles. The van der Waals surface area contributed by atoms with E-state index in [0.29, 0.717) is 16.5 Å². The van der Waals surface area contributed by atoms with Gasteiger partial charge < -0.3 is 20.1 Å². The van der Waals surface area contributed by atoms with Gasteiger partial charge >= 0.3 is 6.16 Å². The van der Waals surface area contributed by atoms with Crippen molar-refractivity contribution >= 4 is 40.2 Å². The molecule has 0 amide bonds. The van der Waals surface area contributed by atoms with Crippen LogP contribution in [0.2, 0.25) is 5.02 Å². The van der Waals surface area contributed by atoms with Crippen LogP contribution in [0, 0.1) is 0 Å². The fourth-order valence-electron chi connectivity index (χ4n) is 2.47. The minimum Gasteiger partial charge on any atom is -0.449 e. The standard InChI is InChI=1S/C17H12ClN5O3/c18-12-6-14-15(7-13(12)20-10-4-2-1-3-5-10)22-16(21-14)23-9-11(8-19-23)26-17(24)25/h1-9,20H,(H,21,22)(H,24,25). The number of hydrogen-bond donors (Lipinski definition) is 3. The Morgan fingerprint density at radius 3 is 2.85 bits per heavy atom. The van der Waals surface area contributed by atoms with Gasteiger partial charge in [-0.1, -0.05) is 29.8 Å². The molecule has 8 nitrogen and oxygen atoms in total. The maximum absolute atomic E-state index is 10.6. The normalized spacial score (nSPS) is 10.8. The summed E-state index contributed by atoms with van der Waals surface area (Å²) >= 11 is 6.35. The third-order valence-electron chi connectivity index (χ3n) is 3.59. The number of aromatic nitrogens is 4. The monoisotopic (exact) mass is 369 g/mol. The minimum atomic E-state index is -1.41. The summed E-state index contributed by atoms with van der Waals surface area (Å²) in [6.07, 6.45) is 1.30. The number of carbonyl (C=O) groups is 1. The van der Waals surface area contributed by atoms with Gasteiger partial charge in [0.05, 0.1) is 34.1 Å². The van der Waals surface area contributed by atoms with Gasteiger partial charge in [-0.2, -0.15) is 5.10 Å². The highest BCUT2D eigenvalue weighted by molar-refractivity contribution is 6.34. The number of aromatic amines is 1. The first-order valence-electron chi connectivity index (χ1n) is 7.55. The Hall–Kier alpha value is -3.52. The predicted molar refractivity (Wildman–Crippen MR) is 96.6 cm³/mol. The largest absolute Gasteiger partial charge is 0.511 e. The van der Waals surface area contributed by atoms with E-state index in [0.717, 1.165) is 16.9 Å². The number of para-hydroxylation sites is 1. The first kappa shape index (κ1) is 16.0. The molecule has 0 radical (unpaired) electrons. The first-order chi connectivity index (χ1) is 12.6. The van der Waals surface area contributed by atoms with Crippen LogP contribution in [0.25, 0.3) is 17.0 Å². The smallest absolute Gasteiger partial charge is 0.449 e. The number of fused-ring (bicyclic) bond motifs is 1. The molecule has 0 spiro atoms. The van der Waals surface area contributed by atoms with Crippen LogP contribution in [0.1, 0.15) is 0 Å². The summed E-state index contributed by atoms with van der Waals surface area (Å²) in [4.78, 5) is 18.1. The number of hydrogen-bond acceptors (Lipinski definition) is 5. The number of carboxylic acid groups (broad SMARTS) is 1. The van der Waals surface area contributed by atoms with Crippen molar-refractivity contribution in [1.82, 2.24) is 19.7 Å². The van der Waals surface area contributed by atoms with Gasteiger partial charge in [0, 0.05) is 5.69 Å². The summed E-state index contributed by atoms with van der Waals surface area (Å²) in [6, 6.07) is 13.2. The average Bonchev–Trinajstić information content (AvgIpc) is 3.22. The lowest BCUT2D eigenvalue weighted by Crippen LogP contribution is -2.02. The molecule has 0 atom stereocenters. The number of ether oxygens (including phenoxy) is 1. The second kappa shape index (κ2) is 6.41. The van der Waals surface area contributed by atoms with Crippen LogP contribution in [-0.4, -0.2) is 31.0 Å². The molecule has 26 heavy (non-hydrogen) atoms. The highest BCUT2D eigenvalue weighted by atomic mass is 35.5. The Labute approximate surface area is 152 Å². The number of imidazole rings is 1. The summed E-state index contributed by atoms with van der Waals surface area (Å²) < 4.78 is 5.94. The van der Waals surface area contributed by atoms with Gasteiger partial charge in [-0.3, -0.25) is 0 Å². The van der Waals surface area contributed by atoms with E-state index in [-0.39, 0.29) is 5.75 Å². The predicted octanol–water partition coefficient (Wildman–Crippen LogP) is 4.20. The molecule has 0 fully saturated rings. The van der Waals surface area contributed by atoms with E-state index < -0.39 is 6.16 Å². The topological polar surface area (TPSA) is 105 Å². The number of nitrogens with zero attached hydrogens (tertiary/aromatic N) is 3. The Bertz CT molecular complexity index is 1090. The molecule has 0 aliphatic carbocycles. The molecule has 130 valence electrons. The molecule has 4 aromatic rings. The second-order valence-electron chi connectivity index (χ2n) is 5.39. The van der Waals surface area contributed by atoms with Crippen molar-refractivity contribution < 1.29 is 14.6 Å². The molecule has 0 aliphatic rings. The molecule has 0 saturated heterocycles. The van der Waals surface area contributed by atoms with Crippen LogP contribution in [0.4, 0.5) is 16.2 Å². The van der Waals surface area contributed by atoms with Crippen molar-refractivity contribution in [2.24, 2.45) is 0 Å². The number of nitrogens with one attached hydrogen (secondary N) is 2. The van der Waals surface area contributed by atoms with Crippen LogP contribution in [0.5, 0.6) is 5.75 Å². The van der Waals surface area contributed by atoms with E-state index in [4.69, 9.17) is 16.7 Å². The van der Waals surface area contributed by atoms with Crippen molar-refractivity contribution in [3.63, 3.8) is 0 Å². The summed E-state index contributed by atoms with van der Waals surface area (Å²) in [5, 5.41) is 16.5. The Balaban J connectivity index is 1.67. The van der Waals surface area contributed by atoms with Gasteiger partial charge in [-0.25, -0.2) is 14.5 Å². The van der Waals surface area contributed by atoms with Crippen LogP contribution >= 0.6 is 11.6 Å². The zero-order valence-electron chi connectivity index (χ0n) is 13.2. The summed E-state index contributed by atoms with van der Waals surface area (Å²) in [5.74, 6) is 0.510. The number of rotatable bonds is 4. The zero-order valence-corrected chi connectivity index (χ0v) is 13.9. The van der Waals surface area contributed by atoms with E-state index in [1.165, 1.54) is 17.1 Å². The number of halogens is 1. The summed E-state index contributed by atoms with van der Waals surface area (Å²) in [6.45, 7) is 0. The van der Waals surface area contributed by atoms with E-state index in [9.17, 15) is 4.79 Å². The van der Waals surface area contributed by atoms with Crippen LogP contribution in [-0.2, 0) is 0 Å². The van der Waals surface area contributed by atoms with E-state index in [1.54, 1.807) is 6.07 Å². The zero-order chi connectivity index (χ0) is 18.1. The maximum Gasteiger partial charge on any atom is 0.511 e. The lowest BCUT2D eigenvalue weighted by Gasteiger charge is -2.08. The molecule has 4 rings (SSSR count). The SMILES string of the molecule is O=C(O)Oc1cnn(-c2nc3cc(Nc4ccccc4)c(Cl)cc3[nH]2)c1. The van der Waals surface area contributed by atoms with Crippen molar-refractivity contribution in [2.75, 3.05) is 5.32 Å². The fourth-order valence-corrected chi connectivity index (χ4v) is 2.68. The van der Waals surface area contributed by atoms with Gasteiger partial charge in [0.1, 0.15) is 0 Å². The van der Waals surface area contributed by atoms with E-state index >= 15 is 0 Å². The molecule has 2 aromatic carbocycles. The number of H-pyrrole nitrogens is 1. The molecule has 0 aliphatic heterocycles. The molecule has 0 unspecified atom stereocenters. The van der Waals surface area contributed by atoms with Gasteiger partial charge in [-0.15, -0.1) is 0 Å². The third-order valence-corrected chi connectivity index (χ3v) is 3.90. The van der Waals surface area contributed by atoms with E-state index in [1.807, 2.05) is 36.4 Å². The Morgan fingerprint density at radius 2 is 2.08 bits per heavy atom. The molecule has 0 bridgehead atoms. The number of anilines is 2. The van der Waals surface area contributed by atoms with Gasteiger partial charge in [0.15, 0.2) is 5.75 Å². The summed E-state index contributed by atoms with van der Waals surface area (Å²) in [5.41, 5.74) is 3.03. The molecule has 0 saturated carbocycles. The maximum atomic E-state index is 10.6. The lowest BCUT2D eigenvalue weighted by atomic mass is 10.2. The Morgan fingerprint density at radius 1 is 1.27 bits per heavy atom. The van der Waals surface area contributed by atoms with E-state index in [2.05, 4.69) is 25.1 Å².